The van der Waals surface area contributed by atoms with Crippen LogP contribution in [-0.2, 0) is 11.2 Å². The average molecular weight is 479 g/mol. The molecule has 0 bridgehead atoms. The minimum Gasteiger partial charge on any atom is -0.355 e. The molecular weight excluding hydrogens is 448 g/mol. The van der Waals surface area contributed by atoms with Crippen LogP contribution in [0.3, 0.4) is 0 Å². The van der Waals surface area contributed by atoms with Gasteiger partial charge in [0.25, 0.3) is 5.91 Å². The number of nitrogens with zero attached hydrogens (tertiary/aromatic N) is 1. The highest BCUT2D eigenvalue weighted by Crippen LogP contribution is 2.44. The second-order valence-corrected chi connectivity index (χ2v) is 10.6. The first-order valence-electron chi connectivity index (χ1n) is 11.3. The fraction of sp³-hybridized carbons (Fsp3) is 0.333. The van der Waals surface area contributed by atoms with Gasteiger partial charge >= 0.3 is 0 Å². The fourth-order valence-electron chi connectivity index (χ4n) is 4.48. The highest BCUT2D eigenvalue weighted by molar-refractivity contribution is 7.98. The van der Waals surface area contributed by atoms with Gasteiger partial charge in [-0.15, -0.1) is 23.1 Å². The molecule has 33 heavy (non-hydrogen) atoms. The Morgan fingerprint density at radius 2 is 1.85 bits per heavy atom. The summed E-state index contributed by atoms with van der Waals surface area (Å²) in [5.41, 5.74) is 2.66. The number of rotatable bonds is 8. The lowest BCUT2D eigenvalue weighted by Crippen LogP contribution is -2.48. The molecule has 2 heterocycles. The maximum Gasteiger partial charge on any atom is 0.254 e. The molecule has 0 fully saturated rings. The molecule has 6 heteroatoms. The van der Waals surface area contributed by atoms with Crippen molar-refractivity contribution in [3.05, 3.63) is 87.6 Å². The highest BCUT2D eigenvalue weighted by Gasteiger charge is 2.44. The Morgan fingerprint density at radius 1 is 1.09 bits per heavy atom. The molecule has 172 valence electrons. The zero-order valence-corrected chi connectivity index (χ0v) is 20.9. The van der Waals surface area contributed by atoms with Crippen molar-refractivity contribution in [1.29, 1.82) is 0 Å². The van der Waals surface area contributed by atoms with E-state index >= 15 is 0 Å². The zero-order chi connectivity index (χ0) is 23.4. The van der Waals surface area contributed by atoms with Crippen molar-refractivity contribution < 1.29 is 9.59 Å². The van der Waals surface area contributed by atoms with E-state index in [9.17, 15) is 9.59 Å². The summed E-state index contributed by atoms with van der Waals surface area (Å²) in [5.74, 6) is -0.150. The van der Waals surface area contributed by atoms with Crippen LogP contribution in [0, 0.1) is 5.92 Å². The summed E-state index contributed by atoms with van der Waals surface area (Å²) in [4.78, 5) is 31.3. The van der Waals surface area contributed by atoms with Crippen LogP contribution in [0.25, 0.3) is 0 Å². The minimum absolute atomic E-state index is 0.00985. The number of benzene rings is 2. The van der Waals surface area contributed by atoms with E-state index in [0.29, 0.717) is 24.6 Å². The van der Waals surface area contributed by atoms with E-state index in [0.717, 1.165) is 16.9 Å². The molecule has 4 rings (SSSR count). The average Bonchev–Trinajstić information content (AvgIpc) is 3.35. The second-order valence-electron chi connectivity index (χ2n) is 8.77. The van der Waals surface area contributed by atoms with Crippen molar-refractivity contribution in [2.45, 2.75) is 37.1 Å². The molecule has 2 aromatic carbocycles. The van der Waals surface area contributed by atoms with Gasteiger partial charge in [0.2, 0.25) is 5.91 Å². The molecule has 0 aliphatic carbocycles. The Bertz CT molecular complexity index is 1090. The lowest BCUT2D eigenvalue weighted by molar-refractivity contribution is -0.124. The molecule has 2 atom stereocenters. The third kappa shape index (κ3) is 5.17. The molecule has 3 aromatic rings. The summed E-state index contributed by atoms with van der Waals surface area (Å²) >= 11 is 3.33. The lowest BCUT2D eigenvalue weighted by atomic mass is 9.81. The lowest BCUT2D eigenvalue weighted by Gasteiger charge is -2.42. The SMILES string of the molecule is CSc1ccc(CCNC(=O)[C@@H]2c3ccccc3C(=O)N(CC(C)C)[C@@H]2c2cccs2)cc1. The third-order valence-corrected chi connectivity index (χ3v) is 7.68. The Morgan fingerprint density at radius 3 is 2.52 bits per heavy atom. The normalized spacial score (nSPS) is 17.8. The number of thiophene rings is 1. The van der Waals surface area contributed by atoms with Gasteiger partial charge in [-0.2, -0.15) is 0 Å². The van der Waals surface area contributed by atoms with Crippen LogP contribution >= 0.6 is 23.1 Å². The predicted octanol–water partition coefficient (Wildman–Crippen LogP) is 5.77. The quantitative estimate of drug-likeness (QED) is 0.419. The molecule has 1 aliphatic rings. The first kappa shape index (κ1) is 23.6. The van der Waals surface area contributed by atoms with Crippen molar-refractivity contribution in [3.8, 4) is 0 Å². The number of carbonyl (C=O) groups is 2. The van der Waals surface area contributed by atoms with Gasteiger partial charge in [-0.3, -0.25) is 9.59 Å². The Hall–Kier alpha value is -2.57. The summed E-state index contributed by atoms with van der Waals surface area (Å²) in [5, 5.41) is 5.19. The van der Waals surface area contributed by atoms with Crippen LogP contribution in [0.15, 0.2) is 70.9 Å². The predicted molar refractivity (Wildman–Crippen MR) is 137 cm³/mol. The summed E-state index contributed by atoms with van der Waals surface area (Å²) in [7, 11) is 0. The summed E-state index contributed by atoms with van der Waals surface area (Å²) in [6.07, 6.45) is 2.83. The van der Waals surface area contributed by atoms with Crippen LogP contribution in [0.4, 0.5) is 0 Å². The Balaban J connectivity index is 1.61. The van der Waals surface area contributed by atoms with Gasteiger partial charge in [0.15, 0.2) is 0 Å². The molecule has 4 nitrogen and oxygen atoms in total. The van der Waals surface area contributed by atoms with Crippen LogP contribution in [0.5, 0.6) is 0 Å². The van der Waals surface area contributed by atoms with Crippen molar-refractivity contribution in [2.24, 2.45) is 5.92 Å². The van der Waals surface area contributed by atoms with Crippen LogP contribution in [0.1, 0.15) is 52.2 Å². The number of hydrogen-bond acceptors (Lipinski definition) is 4. The molecule has 2 amide bonds. The highest BCUT2D eigenvalue weighted by atomic mass is 32.2. The van der Waals surface area contributed by atoms with E-state index in [1.165, 1.54) is 10.5 Å². The van der Waals surface area contributed by atoms with Gasteiger partial charge in [0.1, 0.15) is 0 Å². The van der Waals surface area contributed by atoms with Crippen molar-refractivity contribution in [3.63, 3.8) is 0 Å². The van der Waals surface area contributed by atoms with Crippen molar-refractivity contribution >= 4 is 34.9 Å². The second kappa shape index (κ2) is 10.6. The van der Waals surface area contributed by atoms with E-state index in [1.807, 2.05) is 46.7 Å². The standard InChI is InChI=1S/C27H30N2O2S2/c1-18(2)17-29-25(23-9-6-16-33-23)24(21-7-4-5-8-22(21)27(29)31)26(30)28-15-14-19-10-12-20(32-3)13-11-19/h4-13,16,18,24-25H,14-15,17H2,1-3H3,(H,28,30)/t24-,25-/m1/s1. The van der Waals surface area contributed by atoms with Gasteiger partial charge in [0, 0.05) is 28.4 Å². The molecule has 0 unspecified atom stereocenters. The van der Waals surface area contributed by atoms with E-state index < -0.39 is 5.92 Å². The van der Waals surface area contributed by atoms with Crippen LogP contribution in [0.2, 0.25) is 0 Å². The molecule has 1 aromatic heterocycles. The van der Waals surface area contributed by atoms with E-state index in [4.69, 9.17) is 0 Å². The Kier molecular flexibility index (Phi) is 7.56. The van der Waals surface area contributed by atoms with Crippen LogP contribution in [-0.4, -0.2) is 36.1 Å². The van der Waals surface area contributed by atoms with Gasteiger partial charge in [-0.05, 0) is 59.4 Å². The molecule has 0 radical (unpaired) electrons. The summed E-state index contributed by atoms with van der Waals surface area (Å²) < 4.78 is 0. The van der Waals surface area contributed by atoms with E-state index in [1.54, 1.807) is 23.1 Å². The summed E-state index contributed by atoms with van der Waals surface area (Å²) in [6.45, 7) is 5.39. The fourth-order valence-corrected chi connectivity index (χ4v) is 5.76. The molecule has 1 N–H and O–H groups in total. The molecule has 0 saturated heterocycles. The monoisotopic (exact) mass is 478 g/mol. The smallest absolute Gasteiger partial charge is 0.254 e. The summed E-state index contributed by atoms with van der Waals surface area (Å²) in [6, 6.07) is 19.8. The van der Waals surface area contributed by atoms with Gasteiger partial charge in [-0.1, -0.05) is 50.2 Å². The number of nitrogens with one attached hydrogen (secondary N) is 1. The van der Waals surface area contributed by atoms with Gasteiger partial charge in [0.05, 0.1) is 12.0 Å². The molecular formula is C27H30N2O2S2. The minimum atomic E-state index is -0.435. The first-order chi connectivity index (χ1) is 16.0. The number of thioether (sulfide) groups is 1. The maximum absolute atomic E-state index is 13.6. The number of amides is 2. The van der Waals surface area contributed by atoms with Crippen molar-refractivity contribution in [2.75, 3.05) is 19.3 Å². The van der Waals surface area contributed by atoms with Crippen molar-refractivity contribution in [1.82, 2.24) is 10.2 Å². The largest absolute Gasteiger partial charge is 0.355 e. The van der Waals surface area contributed by atoms with E-state index in [-0.39, 0.29) is 17.9 Å². The molecule has 1 aliphatic heterocycles. The van der Waals surface area contributed by atoms with E-state index in [2.05, 4.69) is 49.7 Å². The molecule has 0 saturated carbocycles. The Labute approximate surface area is 204 Å². The topological polar surface area (TPSA) is 49.4 Å². The zero-order valence-electron chi connectivity index (χ0n) is 19.3. The number of carbonyl (C=O) groups excluding carboxylic acids is 2. The maximum atomic E-state index is 13.6. The third-order valence-electron chi connectivity index (χ3n) is 5.99. The number of hydrogen-bond donors (Lipinski definition) is 1. The molecule has 0 spiro atoms. The van der Waals surface area contributed by atoms with Gasteiger partial charge in [-0.25, -0.2) is 0 Å². The number of fused-ring (bicyclic) bond motifs is 1. The van der Waals surface area contributed by atoms with Gasteiger partial charge < -0.3 is 10.2 Å². The van der Waals surface area contributed by atoms with Crippen LogP contribution < -0.4 is 5.32 Å². The first-order valence-corrected chi connectivity index (χ1v) is 13.4.